The minimum Gasteiger partial charge on any atom is -0.408 e. The van der Waals surface area contributed by atoms with Crippen LogP contribution < -0.4 is 10.7 Å². The number of rotatable bonds is 3. The lowest BCUT2D eigenvalue weighted by molar-refractivity contribution is -0.119. The second kappa shape index (κ2) is 5.67. The van der Waals surface area contributed by atoms with Crippen molar-refractivity contribution in [2.45, 2.75) is 32.4 Å². The van der Waals surface area contributed by atoms with E-state index in [0.29, 0.717) is 12.1 Å². The van der Waals surface area contributed by atoms with E-state index in [-0.39, 0.29) is 18.4 Å². The Bertz CT molecular complexity index is 970. The largest absolute Gasteiger partial charge is 0.419 e. The number of para-hydroxylation sites is 3. The summed E-state index contributed by atoms with van der Waals surface area (Å²) in [6, 6.07) is 15.4. The molecule has 0 unspecified atom stereocenters. The molecule has 1 amide bonds. The van der Waals surface area contributed by atoms with Crippen LogP contribution in [0.4, 0.5) is 5.69 Å². The van der Waals surface area contributed by atoms with Gasteiger partial charge >= 0.3 is 5.76 Å². The molecular weight excluding hydrogens is 304 g/mol. The van der Waals surface area contributed by atoms with Crippen molar-refractivity contribution in [2.24, 2.45) is 0 Å². The molecule has 0 saturated heterocycles. The van der Waals surface area contributed by atoms with Crippen molar-refractivity contribution in [1.82, 2.24) is 4.57 Å². The van der Waals surface area contributed by atoms with Crippen molar-refractivity contribution in [3.8, 4) is 0 Å². The Morgan fingerprint density at radius 1 is 1.17 bits per heavy atom. The number of carbonyl (C=O) groups is 1. The van der Waals surface area contributed by atoms with Crippen LogP contribution in [0.25, 0.3) is 11.1 Å². The van der Waals surface area contributed by atoms with Gasteiger partial charge in [-0.25, -0.2) is 4.79 Å². The highest BCUT2D eigenvalue weighted by Crippen LogP contribution is 2.32. The molecule has 122 valence electrons. The van der Waals surface area contributed by atoms with Gasteiger partial charge in [-0.3, -0.25) is 9.36 Å². The van der Waals surface area contributed by atoms with Crippen molar-refractivity contribution in [2.75, 3.05) is 4.90 Å². The quantitative estimate of drug-likeness (QED) is 0.745. The van der Waals surface area contributed by atoms with Gasteiger partial charge in [0.2, 0.25) is 5.91 Å². The van der Waals surface area contributed by atoms with Gasteiger partial charge in [-0.05, 0) is 37.1 Å². The Hall–Kier alpha value is -2.82. The third-order valence-corrected chi connectivity index (χ3v) is 4.60. The number of oxazole rings is 1. The fourth-order valence-electron chi connectivity index (χ4n) is 3.50. The summed E-state index contributed by atoms with van der Waals surface area (Å²) in [7, 11) is 0. The fraction of sp³-hybridized carbons (Fsp3) is 0.263. The first-order valence-electron chi connectivity index (χ1n) is 8.13. The molecule has 3 aromatic rings. The summed E-state index contributed by atoms with van der Waals surface area (Å²) in [5, 5.41) is 0. The third kappa shape index (κ3) is 2.33. The third-order valence-electron chi connectivity index (χ3n) is 4.60. The molecule has 1 aromatic heterocycles. The van der Waals surface area contributed by atoms with Gasteiger partial charge in [-0.15, -0.1) is 0 Å². The Balaban J connectivity index is 1.57. The molecule has 2 aromatic carbocycles. The summed E-state index contributed by atoms with van der Waals surface area (Å²) < 4.78 is 6.74. The van der Waals surface area contributed by atoms with Crippen LogP contribution >= 0.6 is 0 Å². The summed E-state index contributed by atoms with van der Waals surface area (Å²) in [5.41, 5.74) is 3.46. The van der Waals surface area contributed by atoms with E-state index in [2.05, 4.69) is 13.0 Å². The van der Waals surface area contributed by atoms with E-state index < -0.39 is 5.76 Å². The van der Waals surface area contributed by atoms with Crippen molar-refractivity contribution in [3.05, 3.63) is 64.6 Å². The predicted molar refractivity (Wildman–Crippen MR) is 92.2 cm³/mol. The second-order valence-corrected chi connectivity index (χ2v) is 6.18. The van der Waals surface area contributed by atoms with Gasteiger partial charge in [0.25, 0.3) is 0 Å². The molecule has 24 heavy (non-hydrogen) atoms. The first-order chi connectivity index (χ1) is 11.6. The summed E-state index contributed by atoms with van der Waals surface area (Å²) >= 11 is 0. The minimum absolute atomic E-state index is 0.0321. The van der Waals surface area contributed by atoms with Crippen molar-refractivity contribution in [3.63, 3.8) is 0 Å². The minimum atomic E-state index is -0.418. The number of nitrogens with zero attached hydrogens (tertiary/aromatic N) is 2. The molecule has 2 heterocycles. The zero-order valence-electron chi connectivity index (χ0n) is 13.4. The van der Waals surface area contributed by atoms with Crippen LogP contribution in [0.1, 0.15) is 18.9 Å². The molecule has 0 saturated carbocycles. The second-order valence-electron chi connectivity index (χ2n) is 6.18. The standard InChI is InChI=1S/C19H18N2O3/c1-13-12-14-6-2-3-7-15(14)21(13)18(22)10-11-20-16-8-4-5-9-17(16)24-19(20)23/h2-9,13H,10-12H2,1H3/t13-/m1/s1. The van der Waals surface area contributed by atoms with E-state index in [1.807, 2.05) is 41.3 Å². The van der Waals surface area contributed by atoms with E-state index >= 15 is 0 Å². The first kappa shape index (κ1) is 14.8. The predicted octanol–water partition coefficient (Wildman–Crippen LogP) is 2.96. The Morgan fingerprint density at radius 3 is 2.79 bits per heavy atom. The molecule has 5 nitrogen and oxygen atoms in total. The molecule has 0 radical (unpaired) electrons. The number of aromatic nitrogens is 1. The number of hydrogen-bond acceptors (Lipinski definition) is 3. The lowest BCUT2D eigenvalue weighted by Gasteiger charge is -2.22. The van der Waals surface area contributed by atoms with Gasteiger partial charge in [0.15, 0.2) is 5.58 Å². The van der Waals surface area contributed by atoms with E-state index in [9.17, 15) is 9.59 Å². The van der Waals surface area contributed by atoms with Gasteiger partial charge in [0.1, 0.15) is 0 Å². The number of aryl methyl sites for hydroxylation is 1. The molecule has 5 heteroatoms. The summed E-state index contributed by atoms with van der Waals surface area (Å²) in [5.74, 6) is -0.386. The molecule has 0 fully saturated rings. The summed E-state index contributed by atoms with van der Waals surface area (Å²) in [6.45, 7) is 2.37. The van der Waals surface area contributed by atoms with Crippen LogP contribution in [0.3, 0.4) is 0 Å². The average Bonchev–Trinajstić information content (AvgIpc) is 3.08. The maximum atomic E-state index is 12.7. The van der Waals surface area contributed by atoms with E-state index in [4.69, 9.17) is 4.42 Å². The maximum Gasteiger partial charge on any atom is 0.419 e. The van der Waals surface area contributed by atoms with Crippen LogP contribution in [0.2, 0.25) is 0 Å². The highest BCUT2D eigenvalue weighted by atomic mass is 16.4. The average molecular weight is 322 g/mol. The Morgan fingerprint density at radius 2 is 1.92 bits per heavy atom. The highest BCUT2D eigenvalue weighted by Gasteiger charge is 2.30. The highest BCUT2D eigenvalue weighted by molar-refractivity contribution is 5.96. The molecule has 0 bridgehead atoms. The summed E-state index contributed by atoms with van der Waals surface area (Å²) in [6.07, 6.45) is 1.14. The Labute approximate surface area is 139 Å². The van der Waals surface area contributed by atoms with Gasteiger partial charge < -0.3 is 9.32 Å². The van der Waals surface area contributed by atoms with E-state index in [1.165, 1.54) is 10.1 Å². The normalized spacial score (nSPS) is 16.5. The number of fused-ring (bicyclic) bond motifs is 2. The number of benzene rings is 2. The molecular formula is C19H18N2O3. The first-order valence-corrected chi connectivity index (χ1v) is 8.13. The van der Waals surface area contributed by atoms with Crippen molar-refractivity contribution >= 4 is 22.7 Å². The molecule has 1 aliphatic heterocycles. The van der Waals surface area contributed by atoms with Gasteiger partial charge in [-0.1, -0.05) is 30.3 Å². The monoisotopic (exact) mass is 322 g/mol. The molecule has 0 aliphatic carbocycles. The van der Waals surface area contributed by atoms with Crippen LogP contribution in [0.5, 0.6) is 0 Å². The van der Waals surface area contributed by atoms with Gasteiger partial charge in [0.05, 0.1) is 5.52 Å². The van der Waals surface area contributed by atoms with Crippen LogP contribution in [-0.2, 0) is 17.8 Å². The van der Waals surface area contributed by atoms with Crippen LogP contribution in [0, 0.1) is 0 Å². The molecule has 0 N–H and O–H groups in total. The number of hydrogen-bond donors (Lipinski definition) is 0. The molecule has 4 rings (SSSR count). The molecule has 1 aliphatic rings. The lowest BCUT2D eigenvalue weighted by Crippen LogP contribution is -2.36. The van der Waals surface area contributed by atoms with Crippen LogP contribution in [-0.4, -0.2) is 16.5 Å². The van der Waals surface area contributed by atoms with Gasteiger partial charge in [-0.2, -0.15) is 0 Å². The maximum absolute atomic E-state index is 12.7. The molecule has 1 atom stereocenters. The van der Waals surface area contributed by atoms with Crippen molar-refractivity contribution in [1.29, 1.82) is 0 Å². The fourth-order valence-corrected chi connectivity index (χ4v) is 3.50. The number of amides is 1. The Kier molecular flexibility index (Phi) is 3.49. The SMILES string of the molecule is C[C@@H]1Cc2ccccc2N1C(=O)CCn1c(=O)oc2ccccc21. The number of anilines is 1. The molecule has 0 spiro atoms. The topological polar surface area (TPSA) is 55.5 Å². The van der Waals surface area contributed by atoms with Gasteiger partial charge in [0, 0.05) is 24.7 Å². The van der Waals surface area contributed by atoms with Crippen LogP contribution in [0.15, 0.2) is 57.7 Å². The zero-order valence-corrected chi connectivity index (χ0v) is 13.4. The smallest absolute Gasteiger partial charge is 0.408 e. The van der Waals surface area contributed by atoms with Crippen molar-refractivity contribution < 1.29 is 9.21 Å². The van der Waals surface area contributed by atoms with E-state index in [1.54, 1.807) is 6.07 Å². The zero-order chi connectivity index (χ0) is 16.7. The lowest BCUT2D eigenvalue weighted by atomic mass is 10.1. The number of carbonyl (C=O) groups excluding carboxylic acids is 1. The summed E-state index contributed by atoms with van der Waals surface area (Å²) in [4.78, 5) is 26.6. The van der Waals surface area contributed by atoms with E-state index in [0.717, 1.165) is 17.6 Å².